The van der Waals surface area contributed by atoms with E-state index in [9.17, 15) is 0 Å². The van der Waals surface area contributed by atoms with Crippen molar-refractivity contribution < 1.29 is 0 Å². The zero-order chi connectivity index (χ0) is 10.8. The molecule has 0 spiro atoms. The molecule has 3 heteroatoms. The minimum absolute atomic E-state index is 0.143. The lowest BCUT2D eigenvalue weighted by Gasteiger charge is -2.41. The van der Waals surface area contributed by atoms with Gasteiger partial charge in [0, 0.05) is 31.2 Å². The first-order chi connectivity index (χ1) is 6.47. The van der Waals surface area contributed by atoms with E-state index in [4.69, 9.17) is 5.73 Å². The van der Waals surface area contributed by atoms with Crippen LogP contribution in [0.15, 0.2) is 0 Å². The van der Waals surface area contributed by atoms with E-state index in [1.54, 1.807) is 0 Å². The van der Waals surface area contributed by atoms with E-state index < -0.39 is 0 Å². The van der Waals surface area contributed by atoms with Gasteiger partial charge in [-0.15, -0.1) is 0 Å². The summed E-state index contributed by atoms with van der Waals surface area (Å²) in [5.74, 6) is 0. The van der Waals surface area contributed by atoms with E-state index in [-0.39, 0.29) is 5.54 Å². The standard InChI is InChI=1S/C11H25N3/c1-10-8-13(4)6-5-7-14(10)11(2,3)9-12/h10H,5-9,12H2,1-4H3. The molecule has 0 bridgehead atoms. The minimum Gasteiger partial charge on any atom is -0.329 e. The third-order valence-corrected chi connectivity index (χ3v) is 3.32. The summed E-state index contributed by atoms with van der Waals surface area (Å²) < 4.78 is 0. The van der Waals surface area contributed by atoms with Crippen molar-refractivity contribution in [2.45, 2.75) is 38.8 Å². The van der Waals surface area contributed by atoms with Gasteiger partial charge in [-0.05, 0) is 40.8 Å². The molecule has 1 aliphatic heterocycles. The Labute approximate surface area is 88.2 Å². The van der Waals surface area contributed by atoms with Crippen LogP contribution < -0.4 is 5.73 Å². The molecule has 0 amide bonds. The normalized spacial score (nSPS) is 27.6. The lowest BCUT2D eigenvalue weighted by Crippen LogP contribution is -2.54. The predicted octanol–water partition coefficient (Wildman–Crippen LogP) is 0.750. The Morgan fingerprint density at radius 1 is 1.36 bits per heavy atom. The summed E-state index contributed by atoms with van der Waals surface area (Å²) in [6.07, 6.45) is 1.25. The maximum atomic E-state index is 5.83. The van der Waals surface area contributed by atoms with Crippen LogP contribution in [0, 0.1) is 0 Å². The molecule has 1 unspecified atom stereocenters. The van der Waals surface area contributed by atoms with Gasteiger partial charge >= 0.3 is 0 Å². The third-order valence-electron chi connectivity index (χ3n) is 3.32. The lowest BCUT2D eigenvalue weighted by atomic mass is 10.0. The van der Waals surface area contributed by atoms with Crippen molar-refractivity contribution in [3.8, 4) is 0 Å². The second kappa shape index (κ2) is 4.60. The highest BCUT2D eigenvalue weighted by Crippen LogP contribution is 2.19. The third kappa shape index (κ3) is 2.69. The number of hydrogen-bond acceptors (Lipinski definition) is 3. The van der Waals surface area contributed by atoms with Crippen molar-refractivity contribution in [2.75, 3.05) is 33.2 Å². The van der Waals surface area contributed by atoms with Crippen molar-refractivity contribution in [3.63, 3.8) is 0 Å². The van der Waals surface area contributed by atoms with E-state index >= 15 is 0 Å². The Hall–Kier alpha value is -0.120. The average Bonchev–Trinajstić information content (AvgIpc) is 2.27. The Morgan fingerprint density at radius 2 is 2.00 bits per heavy atom. The zero-order valence-electron chi connectivity index (χ0n) is 10.1. The van der Waals surface area contributed by atoms with Crippen molar-refractivity contribution in [3.05, 3.63) is 0 Å². The van der Waals surface area contributed by atoms with Crippen LogP contribution in [0.25, 0.3) is 0 Å². The van der Waals surface area contributed by atoms with Crippen LogP contribution >= 0.6 is 0 Å². The maximum absolute atomic E-state index is 5.83. The van der Waals surface area contributed by atoms with Gasteiger partial charge in [-0.25, -0.2) is 0 Å². The number of likely N-dealkylation sites (N-methyl/N-ethyl adjacent to an activating group) is 1. The molecule has 84 valence electrons. The van der Waals surface area contributed by atoms with Gasteiger partial charge in [0.25, 0.3) is 0 Å². The van der Waals surface area contributed by atoms with Gasteiger partial charge < -0.3 is 10.6 Å². The SMILES string of the molecule is CC1CN(C)CCCN1C(C)(C)CN. The molecule has 3 nitrogen and oxygen atoms in total. The monoisotopic (exact) mass is 199 g/mol. The summed E-state index contributed by atoms with van der Waals surface area (Å²) in [5.41, 5.74) is 5.97. The molecular weight excluding hydrogens is 174 g/mol. The van der Waals surface area contributed by atoms with Gasteiger partial charge in [-0.3, -0.25) is 4.90 Å². The highest BCUT2D eigenvalue weighted by Gasteiger charge is 2.30. The molecule has 0 aromatic heterocycles. The second-order valence-corrected chi connectivity index (χ2v) is 5.17. The van der Waals surface area contributed by atoms with E-state index in [0.717, 1.165) is 13.1 Å². The molecule has 1 atom stereocenters. The first-order valence-electron chi connectivity index (χ1n) is 5.63. The molecule has 2 N–H and O–H groups in total. The van der Waals surface area contributed by atoms with Crippen molar-refractivity contribution in [2.24, 2.45) is 5.73 Å². The van der Waals surface area contributed by atoms with Crippen LogP contribution in [0.5, 0.6) is 0 Å². The molecular formula is C11H25N3. The minimum atomic E-state index is 0.143. The molecule has 0 radical (unpaired) electrons. The molecule has 1 fully saturated rings. The first kappa shape index (κ1) is 12.0. The highest BCUT2D eigenvalue weighted by atomic mass is 15.3. The van der Waals surface area contributed by atoms with E-state index in [1.807, 2.05) is 0 Å². The van der Waals surface area contributed by atoms with Crippen LogP contribution in [0.4, 0.5) is 0 Å². The van der Waals surface area contributed by atoms with Crippen LogP contribution in [0.1, 0.15) is 27.2 Å². The number of nitrogens with zero attached hydrogens (tertiary/aromatic N) is 2. The molecule has 1 rings (SSSR count). The van der Waals surface area contributed by atoms with Crippen LogP contribution in [0.2, 0.25) is 0 Å². The van der Waals surface area contributed by atoms with Gasteiger partial charge in [0.15, 0.2) is 0 Å². The van der Waals surface area contributed by atoms with Crippen molar-refractivity contribution in [1.82, 2.24) is 9.80 Å². The Morgan fingerprint density at radius 3 is 2.57 bits per heavy atom. The molecule has 0 aromatic rings. The van der Waals surface area contributed by atoms with Crippen molar-refractivity contribution in [1.29, 1.82) is 0 Å². The van der Waals surface area contributed by atoms with Gasteiger partial charge in [0.2, 0.25) is 0 Å². The molecule has 1 saturated heterocycles. The van der Waals surface area contributed by atoms with Gasteiger partial charge in [-0.2, -0.15) is 0 Å². The van der Waals surface area contributed by atoms with Crippen molar-refractivity contribution >= 4 is 0 Å². The maximum Gasteiger partial charge on any atom is 0.0278 e. The second-order valence-electron chi connectivity index (χ2n) is 5.17. The fourth-order valence-corrected chi connectivity index (χ4v) is 2.39. The number of rotatable bonds is 2. The fourth-order valence-electron chi connectivity index (χ4n) is 2.39. The molecule has 0 saturated carbocycles. The fraction of sp³-hybridized carbons (Fsp3) is 1.00. The zero-order valence-corrected chi connectivity index (χ0v) is 10.1. The largest absolute Gasteiger partial charge is 0.329 e. The number of hydrogen-bond donors (Lipinski definition) is 1. The number of nitrogens with two attached hydrogens (primary N) is 1. The summed E-state index contributed by atoms with van der Waals surface area (Å²) >= 11 is 0. The smallest absolute Gasteiger partial charge is 0.0278 e. The Kier molecular flexibility index (Phi) is 3.93. The van der Waals surface area contributed by atoms with E-state index in [1.165, 1.54) is 19.5 Å². The van der Waals surface area contributed by atoms with Crippen LogP contribution in [0.3, 0.4) is 0 Å². The Balaban J connectivity index is 2.67. The summed E-state index contributed by atoms with van der Waals surface area (Å²) in [6.45, 7) is 11.1. The average molecular weight is 199 g/mol. The molecule has 1 heterocycles. The van der Waals surface area contributed by atoms with E-state index in [0.29, 0.717) is 6.04 Å². The summed E-state index contributed by atoms with van der Waals surface area (Å²) in [6, 6.07) is 0.612. The van der Waals surface area contributed by atoms with Crippen LogP contribution in [-0.4, -0.2) is 54.6 Å². The Bertz CT molecular complexity index is 179. The van der Waals surface area contributed by atoms with Gasteiger partial charge in [-0.1, -0.05) is 0 Å². The lowest BCUT2D eigenvalue weighted by molar-refractivity contribution is 0.0846. The first-order valence-corrected chi connectivity index (χ1v) is 5.63. The van der Waals surface area contributed by atoms with Gasteiger partial charge in [0.1, 0.15) is 0 Å². The highest BCUT2D eigenvalue weighted by molar-refractivity contribution is 4.88. The summed E-state index contributed by atoms with van der Waals surface area (Å²) in [4.78, 5) is 4.97. The topological polar surface area (TPSA) is 32.5 Å². The molecule has 14 heavy (non-hydrogen) atoms. The van der Waals surface area contributed by atoms with Crippen LogP contribution in [-0.2, 0) is 0 Å². The predicted molar refractivity (Wildman–Crippen MR) is 61.4 cm³/mol. The quantitative estimate of drug-likeness (QED) is 0.712. The summed E-state index contributed by atoms with van der Waals surface area (Å²) in [7, 11) is 2.20. The molecule has 1 aliphatic rings. The molecule has 0 aromatic carbocycles. The van der Waals surface area contributed by atoms with E-state index in [2.05, 4.69) is 37.6 Å². The molecule has 0 aliphatic carbocycles. The van der Waals surface area contributed by atoms with Gasteiger partial charge in [0.05, 0.1) is 0 Å². The summed E-state index contributed by atoms with van der Waals surface area (Å²) in [5, 5.41) is 0.